The molecular weight excluding hydrogens is 645 g/mol. The van der Waals surface area contributed by atoms with Gasteiger partial charge in [0.2, 0.25) is 0 Å². The van der Waals surface area contributed by atoms with E-state index in [-0.39, 0.29) is 18.5 Å². The van der Waals surface area contributed by atoms with Gasteiger partial charge in [-0.05, 0) is 44.9 Å². The third kappa shape index (κ3) is 41.4. The Bertz CT molecular complexity index is 750. The van der Waals surface area contributed by atoms with Gasteiger partial charge in [0.05, 0.1) is 6.61 Å². The summed E-state index contributed by atoms with van der Waals surface area (Å²) in [5.74, 6) is -0.393. The molecule has 0 heterocycles. The number of hydrogen-bond acceptors (Lipinski definition) is 5. The van der Waals surface area contributed by atoms with E-state index in [0.29, 0.717) is 26.1 Å². The van der Waals surface area contributed by atoms with Crippen LogP contribution in [0.25, 0.3) is 0 Å². The fourth-order valence-electron chi connectivity index (χ4n) is 6.80. The second-order valence-electron chi connectivity index (χ2n) is 15.7. The van der Waals surface area contributed by atoms with Gasteiger partial charge in [0.1, 0.15) is 6.61 Å². The third-order valence-corrected chi connectivity index (χ3v) is 10.3. The Hall–Kier alpha value is -1.36. The summed E-state index contributed by atoms with van der Waals surface area (Å²) in [7, 11) is 0. The second-order valence-corrected chi connectivity index (χ2v) is 15.7. The van der Waals surface area contributed by atoms with Gasteiger partial charge in [-0.25, -0.2) is 0 Å². The lowest BCUT2D eigenvalue weighted by Gasteiger charge is -2.18. The summed E-state index contributed by atoms with van der Waals surface area (Å²) in [5, 5.41) is 0. The molecular formula is C47H90O5. The summed E-state index contributed by atoms with van der Waals surface area (Å²) < 4.78 is 17.3. The molecule has 0 aromatic carbocycles. The van der Waals surface area contributed by atoms with Gasteiger partial charge < -0.3 is 14.2 Å². The molecule has 0 aromatic heterocycles. The number of carbonyl (C=O) groups excluding carboxylic acids is 2. The first-order chi connectivity index (χ1) is 25.6. The minimum Gasteiger partial charge on any atom is -0.462 e. The number of carbonyl (C=O) groups is 2. The van der Waals surface area contributed by atoms with Crippen molar-refractivity contribution in [3.63, 3.8) is 0 Å². The van der Waals surface area contributed by atoms with Crippen LogP contribution in [0.1, 0.15) is 252 Å². The molecule has 0 saturated heterocycles. The summed E-state index contributed by atoms with van der Waals surface area (Å²) in [4.78, 5) is 25.2. The molecule has 0 rings (SSSR count). The minimum atomic E-state index is -0.526. The van der Waals surface area contributed by atoms with Crippen LogP contribution in [-0.2, 0) is 23.8 Å². The fourth-order valence-corrected chi connectivity index (χ4v) is 6.80. The number of rotatable bonds is 43. The second kappa shape index (κ2) is 44.0. The van der Waals surface area contributed by atoms with E-state index >= 15 is 0 Å². The zero-order valence-electron chi connectivity index (χ0n) is 35.4. The van der Waals surface area contributed by atoms with Crippen LogP contribution in [0.4, 0.5) is 0 Å². The van der Waals surface area contributed by atoms with Gasteiger partial charge in [-0.1, -0.05) is 206 Å². The van der Waals surface area contributed by atoms with Crippen molar-refractivity contribution in [2.45, 2.75) is 258 Å². The van der Waals surface area contributed by atoms with E-state index in [1.54, 1.807) is 0 Å². The zero-order valence-corrected chi connectivity index (χ0v) is 35.4. The molecule has 0 fully saturated rings. The van der Waals surface area contributed by atoms with Crippen LogP contribution in [0.2, 0.25) is 0 Å². The highest BCUT2D eigenvalue weighted by molar-refractivity contribution is 5.70. The van der Waals surface area contributed by atoms with Crippen LogP contribution in [0.5, 0.6) is 0 Å². The van der Waals surface area contributed by atoms with E-state index in [1.807, 2.05) is 0 Å². The molecule has 0 aliphatic heterocycles. The monoisotopic (exact) mass is 735 g/mol. The van der Waals surface area contributed by atoms with Gasteiger partial charge in [-0.2, -0.15) is 0 Å². The van der Waals surface area contributed by atoms with E-state index in [1.165, 1.54) is 180 Å². The van der Waals surface area contributed by atoms with Gasteiger partial charge in [0.25, 0.3) is 0 Å². The Morgan fingerprint density at radius 1 is 0.404 bits per heavy atom. The Balaban J connectivity index is 4.16. The lowest BCUT2D eigenvalue weighted by molar-refractivity contribution is -0.163. The van der Waals surface area contributed by atoms with Crippen LogP contribution in [0, 0.1) is 0 Å². The third-order valence-electron chi connectivity index (χ3n) is 10.3. The molecule has 0 N–H and O–H groups in total. The largest absolute Gasteiger partial charge is 0.462 e. The summed E-state index contributed by atoms with van der Waals surface area (Å²) in [5.41, 5.74) is 0. The standard InChI is InChI=1S/C47H90O5/c1-4-7-10-13-16-19-21-23-24-26-27-29-31-34-37-40-46(48)51-44-45(43-50-42-39-36-33-18-15-12-9-6-3)52-47(49)41-38-35-32-30-28-25-22-20-17-14-11-8-5-2/h23-24,45H,4-22,25-44H2,1-3H3/b24-23-. The highest BCUT2D eigenvalue weighted by Crippen LogP contribution is 2.15. The van der Waals surface area contributed by atoms with Crippen molar-refractivity contribution in [2.24, 2.45) is 0 Å². The number of unbranched alkanes of at least 4 members (excludes halogenated alkanes) is 30. The molecule has 308 valence electrons. The summed E-state index contributed by atoms with van der Waals surface area (Å²) >= 11 is 0. The van der Waals surface area contributed by atoms with Crippen molar-refractivity contribution in [1.82, 2.24) is 0 Å². The highest BCUT2D eigenvalue weighted by atomic mass is 16.6. The highest BCUT2D eigenvalue weighted by Gasteiger charge is 2.17. The first-order valence-corrected chi connectivity index (χ1v) is 23.2. The fraction of sp³-hybridized carbons (Fsp3) is 0.915. The SMILES string of the molecule is CCCCCCCC/C=C\CCCCCCCC(=O)OCC(COCCCCCCCCCC)OC(=O)CCCCCCCCCCCCCCC. The smallest absolute Gasteiger partial charge is 0.306 e. The van der Waals surface area contributed by atoms with Gasteiger partial charge in [0, 0.05) is 19.4 Å². The van der Waals surface area contributed by atoms with E-state index in [2.05, 4.69) is 32.9 Å². The van der Waals surface area contributed by atoms with Crippen LogP contribution in [0.3, 0.4) is 0 Å². The number of esters is 2. The summed E-state index contributed by atoms with van der Waals surface area (Å²) in [6, 6.07) is 0. The Kier molecular flexibility index (Phi) is 42.9. The summed E-state index contributed by atoms with van der Waals surface area (Å²) in [6.07, 6.45) is 47.8. The van der Waals surface area contributed by atoms with Gasteiger partial charge in [-0.3, -0.25) is 9.59 Å². The van der Waals surface area contributed by atoms with Gasteiger partial charge in [0.15, 0.2) is 6.10 Å². The quantitative estimate of drug-likeness (QED) is 0.0355. The molecule has 0 aliphatic rings. The summed E-state index contributed by atoms with van der Waals surface area (Å²) in [6.45, 7) is 7.83. The predicted octanol–water partition coefficient (Wildman–Crippen LogP) is 15.1. The Morgan fingerprint density at radius 2 is 0.750 bits per heavy atom. The maximum Gasteiger partial charge on any atom is 0.306 e. The Morgan fingerprint density at radius 3 is 1.17 bits per heavy atom. The molecule has 1 atom stereocenters. The molecule has 0 amide bonds. The maximum atomic E-state index is 12.7. The normalized spacial score (nSPS) is 12.1. The molecule has 0 bridgehead atoms. The predicted molar refractivity (Wildman–Crippen MR) is 224 cm³/mol. The molecule has 0 aromatic rings. The molecule has 5 heteroatoms. The van der Waals surface area contributed by atoms with E-state index in [9.17, 15) is 9.59 Å². The average molecular weight is 735 g/mol. The molecule has 5 nitrogen and oxygen atoms in total. The van der Waals surface area contributed by atoms with Gasteiger partial charge in [-0.15, -0.1) is 0 Å². The maximum absolute atomic E-state index is 12.7. The molecule has 0 aliphatic carbocycles. The molecule has 52 heavy (non-hydrogen) atoms. The minimum absolute atomic E-state index is 0.0890. The number of allylic oxidation sites excluding steroid dienone is 2. The van der Waals surface area contributed by atoms with Crippen molar-refractivity contribution < 1.29 is 23.8 Å². The average Bonchev–Trinajstić information content (AvgIpc) is 3.14. The molecule has 0 saturated carbocycles. The first-order valence-electron chi connectivity index (χ1n) is 23.2. The van der Waals surface area contributed by atoms with E-state index < -0.39 is 6.10 Å². The van der Waals surface area contributed by atoms with Crippen LogP contribution in [0.15, 0.2) is 12.2 Å². The molecule has 0 spiro atoms. The first kappa shape index (κ1) is 50.6. The van der Waals surface area contributed by atoms with Crippen molar-refractivity contribution in [3.8, 4) is 0 Å². The van der Waals surface area contributed by atoms with E-state index in [0.717, 1.165) is 38.5 Å². The topological polar surface area (TPSA) is 61.8 Å². The van der Waals surface area contributed by atoms with Crippen molar-refractivity contribution in [2.75, 3.05) is 19.8 Å². The van der Waals surface area contributed by atoms with Gasteiger partial charge >= 0.3 is 11.9 Å². The lowest BCUT2D eigenvalue weighted by atomic mass is 10.0. The van der Waals surface area contributed by atoms with E-state index in [4.69, 9.17) is 14.2 Å². The molecule has 0 radical (unpaired) electrons. The van der Waals surface area contributed by atoms with Crippen molar-refractivity contribution in [1.29, 1.82) is 0 Å². The number of hydrogen-bond donors (Lipinski definition) is 0. The van der Waals surface area contributed by atoms with Crippen LogP contribution in [-0.4, -0.2) is 37.9 Å². The lowest BCUT2D eigenvalue weighted by Crippen LogP contribution is -2.30. The number of ether oxygens (including phenoxy) is 3. The van der Waals surface area contributed by atoms with Crippen LogP contribution < -0.4 is 0 Å². The van der Waals surface area contributed by atoms with Crippen molar-refractivity contribution >= 4 is 11.9 Å². The molecule has 1 unspecified atom stereocenters. The van der Waals surface area contributed by atoms with Crippen LogP contribution >= 0.6 is 0 Å². The zero-order chi connectivity index (χ0) is 37.8. The van der Waals surface area contributed by atoms with Crippen molar-refractivity contribution in [3.05, 3.63) is 12.2 Å². The Labute approximate surface area is 325 Å².